The predicted octanol–water partition coefficient (Wildman–Crippen LogP) is 1.70. The number of carbonyl (C=O) groups excluding carboxylic acids is 2. The molecular formula is C21H29N3O5S. The van der Waals surface area contributed by atoms with E-state index in [4.69, 9.17) is 4.74 Å². The Kier molecular flexibility index (Phi) is 6.40. The molecule has 164 valence electrons. The van der Waals surface area contributed by atoms with Gasteiger partial charge >= 0.3 is 0 Å². The number of likely N-dealkylation sites (tertiary alicyclic amines) is 1. The van der Waals surface area contributed by atoms with E-state index in [1.54, 1.807) is 41.2 Å². The molecule has 0 bridgehead atoms. The molecule has 0 radical (unpaired) electrons. The fourth-order valence-corrected chi connectivity index (χ4v) is 6.66. The first-order valence-corrected chi connectivity index (χ1v) is 11.7. The summed E-state index contributed by atoms with van der Waals surface area (Å²) in [6.45, 7) is 1.14. The highest BCUT2D eigenvalue weighted by Gasteiger charge is 2.50. The minimum Gasteiger partial charge on any atom is -0.497 e. The van der Waals surface area contributed by atoms with Crippen molar-refractivity contribution in [3.05, 3.63) is 24.3 Å². The first-order chi connectivity index (χ1) is 14.5. The van der Waals surface area contributed by atoms with Gasteiger partial charge in [-0.15, -0.1) is 0 Å². The van der Waals surface area contributed by atoms with Gasteiger partial charge in [-0.3, -0.25) is 14.8 Å². The molecule has 1 saturated carbocycles. The summed E-state index contributed by atoms with van der Waals surface area (Å²) >= 11 is 0. The number of amides is 2. The minimum absolute atomic E-state index is 0.0972. The van der Waals surface area contributed by atoms with Crippen LogP contribution in [0.4, 0.5) is 0 Å². The van der Waals surface area contributed by atoms with Gasteiger partial charge in [-0.1, -0.05) is 12.8 Å². The van der Waals surface area contributed by atoms with Crippen molar-refractivity contribution in [3.8, 4) is 5.75 Å². The van der Waals surface area contributed by atoms with E-state index < -0.39 is 22.9 Å². The minimum atomic E-state index is -1.60. The highest BCUT2D eigenvalue weighted by atomic mass is 32.2. The van der Waals surface area contributed by atoms with Crippen LogP contribution in [0, 0.1) is 11.8 Å². The summed E-state index contributed by atoms with van der Waals surface area (Å²) in [5.74, 6) is 0.545. The van der Waals surface area contributed by atoms with Gasteiger partial charge in [0, 0.05) is 25.0 Å². The van der Waals surface area contributed by atoms with Crippen LogP contribution in [0.3, 0.4) is 0 Å². The summed E-state index contributed by atoms with van der Waals surface area (Å²) in [5.41, 5.74) is 1.73. The molecule has 4 rings (SSSR count). The summed E-state index contributed by atoms with van der Waals surface area (Å²) in [4.78, 5) is 27.8. The number of ether oxygens (including phenoxy) is 1. The van der Waals surface area contributed by atoms with Crippen LogP contribution in [0.25, 0.3) is 0 Å². The van der Waals surface area contributed by atoms with Gasteiger partial charge < -0.3 is 9.64 Å². The SMILES string of the molecule is COc1ccc(S(=O)N2C(C(=O)NO)CC3CCN(C(=O)C4CCCC4)CC32)cc1. The average molecular weight is 436 g/mol. The largest absolute Gasteiger partial charge is 0.497 e. The van der Waals surface area contributed by atoms with E-state index in [0.29, 0.717) is 30.2 Å². The first kappa shape index (κ1) is 21.3. The van der Waals surface area contributed by atoms with E-state index in [2.05, 4.69) is 0 Å². The molecule has 3 fully saturated rings. The Labute approximate surface area is 179 Å². The number of methoxy groups -OCH3 is 1. The second-order valence-corrected chi connectivity index (χ2v) is 9.79. The zero-order valence-electron chi connectivity index (χ0n) is 17.2. The van der Waals surface area contributed by atoms with Crippen molar-refractivity contribution >= 4 is 22.8 Å². The third kappa shape index (κ3) is 3.98. The van der Waals surface area contributed by atoms with Crippen molar-refractivity contribution in [3.63, 3.8) is 0 Å². The molecule has 1 aromatic rings. The van der Waals surface area contributed by atoms with Crippen LogP contribution in [-0.2, 0) is 20.6 Å². The Morgan fingerprint density at radius 2 is 1.87 bits per heavy atom. The molecular weight excluding hydrogens is 406 g/mol. The molecule has 1 aliphatic carbocycles. The van der Waals surface area contributed by atoms with Crippen molar-refractivity contribution in [1.29, 1.82) is 0 Å². The van der Waals surface area contributed by atoms with Gasteiger partial charge in [0.05, 0.1) is 12.0 Å². The molecule has 2 heterocycles. The second-order valence-electron chi connectivity index (χ2n) is 8.39. The highest BCUT2D eigenvalue weighted by Crippen LogP contribution is 2.39. The van der Waals surface area contributed by atoms with Crippen LogP contribution in [0.2, 0.25) is 0 Å². The molecule has 8 nitrogen and oxygen atoms in total. The fraction of sp³-hybridized carbons (Fsp3) is 0.619. The molecule has 0 spiro atoms. The number of fused-ring (bicyclic) bond motifs is 1. The van der Waals surface area contributed by atoms with Gasteiger partial charge in [0.2, 0.25) is 5.91 Å². The fourth-order valence-electron chi connectivity index (χ4n) is 5.15. The Balaban J connectivity index is 1.58. The summed E-state index contributed by atoms with van der Waals surface area (Å²) in [5, 5.41) is 9.24. The van der Waals surface area contributed by atoms with E-state index in [9.17, 15) is 19.0 Å². The predicted molar refractivity (Wildman–Crippen MR) is 110 cm³/mol. The summed E-state index contributed by atoms with van der Waals surface area (Å²) in [6, 6.07) is 6.03. The molecule has 2 amide bonds. The number of nitrogens with zero attached hydrogens (tertiary/aromatic N) is 2. The van der Waals surface area contributed by atoms with Gasteiger partial charge in [-0.05, 0) is 55.9 Å². The Bertz CT molecular complexity index is 811. The molecule has 3 aliphatic rings. The number of carbonyl (C=O) groups is 2. The quantitative estimate of drug-likeness (QED) is 0.542. The molecule has 2 N–H and O–H groups in total. The highest BCUT2D eigenvalue weighted by molar-refractivity contribution is 7.82. The topological polar surface area (TPSA) is 99.2 Å². The van der Waals surface area contributed by atoms with Crippen molar-refractivity contribution in [1.82, 2.24) is 14.7 Å². The number of nitrogens with one attached hydrogen (secondary N) is 1. The molecule has 0 aromatic heterocycles. The summed E-state index contributed by atoms with van der Waals surface area (Å²) < 4.78 is 20.4. The Morgan fingerprint density at radius 1 is 1.17 bits per heavy atom. The van der Waals surface area contributed by atoms with Crippen molar-refractivity contribution in [2.45, 2.75) is 55.5 Å². The number of hydroxylamine groups is 1. The lowest BCUT2D eigenvalue weighted by Gasteiger charge is -2.39. The third-order valence-corrected chi connectivity index (χ3v) is 8.35. The molecule has 2 saturated heterocycles. The van der Waals surface area contributed by atoms with E-state index in [1.165, 1.54) is 0 Å². The summed E-state index contributed by atoms with van der Waals surface area (Å²) in [6.07, 6.45) is 5.38. The second kappa shape index (κ2) is 9.03. The van der Waals surface area contributed by atoms with Crippen LogP contribution in [0.15, 0.2) is 29.2 Å². The first-order valence-electron chi connectivity index (χ1n) is 10.6. The zero-order valence-corrected chi connectivity index (χ0v) is 18.0. The van der Waals surface area contributed by atoms with Gasteiger partial charge in [0.25, 0.3) is 5.91 Å². The number of benzene rings is 1. The van der Waals surface area contributed by atoms with Gasteiger partial charge in [0.1, 0.15) is 22.8 Å². The normalized spacial score (nSPS) is 28.2. The molecule has 30 heavy (non-hydrogen) atoms. The molecule has 2 aliphatic heterocycles. The van der Waals surface area contributed by atoms with E-state index in [0.717, 1.165) is 32.1 Å². The van der Waals surface area contributed by atoms with Crippen LogP contribution in [0.5, 0.6) is 5.75 Å². The zero-order chi connectivity index (χ0) is 21.3. The Hall–Kier alpha value is -1.97. The van der Waals surface area contributed by atoms with Crippen molar-refractivity contribution in [2.24, 2.45) is 11.8 Å². The van der Waals surface area contributed by atoms with Crippen LogP contribution in [0.1, 0.15) is 38.5 Å². The molecule has 9 heteroatoms. The maximum absolute atomic E-state index is 13.5. The smallest absolute Gasteiger partial charge is 0.261 e. The monoisotopic (exact) mass is 435 g/mol. The number of hydrogen-bond donors (Lipinski definition) is 2. The van der Waals surface area contributed by atoms with Crippen molar-refractivity contribution < 1.29 is 23.7 Å². The van der Waals surface area contributed by atoms with E-state index in [-0.39, 0.29) is 23.8 Å². The third-order valence-electron chi connectivity index (χ3n) is 6.76. The number of hydrogen-bond acceptors (Lipinski definition) is 5. The van der Waals surface area contributed by atoms with Crippen LogP contribution >= 0.6 is 0 Å². The van der Waals surface area contributed by atoms with E-state index >= 15 is 0 Å². The van der Waals surface area contributed by atoms with E-state index in [1.807, 2.05) is 4.90 Å². The maximum Gasteiger partial charge on any atom is 0.261 e. The number of piperidine rings is 1. The summed E-state index contributed by atoms with van der Waals surface area (Å²) in [7, 11) is -0.0357. The van der Waals surface area contributed by atoms with Gasteiger partial charge in [-0.25, -0.2) is 14.0 Å². The lowest BCUT2D eigenvalue weighted by atomic mass is 9.90. The van der Waals surface area contributed by atoms with Crippen LogP contribution in [-0.4, -0.2) is 62.7 Å². The van der Waals surface area contributed by atoms with Gasteiger partial charge in [-0.2, -0.15) is 0 Å². The van der Waals surface area contributed by atoms with Gasteiger partial charge in [0.15, 0.2) is 0 Å². The maximum atomic E-state index is 13.5. The average Bonchev–Trinajstić information content (AvgIpc) is 3.45. The Morgan fingerprint density at radius 3 is 2.50 bits per heavy atom. The lowest BCUT2D eigenvalue weighted by molar-refractivity contribution is -0.137. The molecule has 1 aromatic carbocycles. The number of rotatable bonds is 5. The standard InChI is InChI=1S/C21H29N3O5S/c1-29-16-6-8-17(9-7-16)30(28)24-18(20(25)22-27)12-15-10-11-23(13-19(15)24)21(26)14-4-2-3-5-14/h6-9,14-15,18-19,27H,2-5,10-13H2,1H3,(H,22,25). The van der Waals surface area contributed by atoms with Crippen LogP contribution < -0.4 is 10.2 Å². The molecule has 4 unspecified atom stereocenters. The molecule has 4 atom stereocenters. The van der Waals surface area contributed by atoms with Crippen molar-refractivity contribution in [2.75, 3.05) is 20.2 Å². The lowest BCUT2D eigenvalue weighted by Crippen LogP contribution is -2.54.